The van der Waals surface area contributed by atoms with Crippen LogP contribution in [0.3, 0.4) is 0 Å². The van der Waals surface area contributed by atoms with Gasteiger partial charge in [0.15, 0.2) is 5.11 Å². The molecule has 1 N–H and O–H groups in total. The zero-order valence-corrected chi connectivity index (χ0v) is 17.6. The van der Waals surface area contributed by atoms with Crippen LogP contribution in [0.25, 0.3) is 5.82 Å². The fraction of sp³-hybridized carbons (Fsp3) is 0.125. The molecule has 5 nitrogen and oxygen atoms in total. The molecule has 4 heterocycles. The van der Waals surface area contributed by atoms with E-state index in [2.05, 4.69) is 15.3 Å². The maximum Gasteiger partial charge on any atom is 0.174 e. The second-order valence-corrected chi connectivity index (χ2v) is 7.83. The fourth-order valence-electron chi connectivity index (χ4n) is 4.01. The van der Waals surface area contributed by atoms with E-state index >= 15 is 0 Å². The van der Waals surface area contributed by atoms with E-state index in [1.54, 1.807) is 18.3 Å². The summed E-state index contributed by atoms with van der Waals surface area (Å²) < 4.78 is 16.9. The Hall–Kier alpha value is -3.58. The van der Waals surface area contributed by atoms with Crippen LogP contribution in [0.4, 0.5) is 10.1 Å². The van der Waals surface area contributed by atoms with Gasteiger partial charge in [-0.15, -0.1) is 0 Å². The first-order valence-electron chi connectivity index (χ1n) is 9.99. The Balaban J connectivity index is 1.68. The SMILES string of the molecule is Cc1ccc(-n2cccc2[C@@H]2[C@@H](c3ccccn3)NC(=S)N2c2ccccc2F)nc1. The van der Waals surface area contributed by atoms with Crippen molar-refractivity contribution in [2.45, 2.75) is 19.0 Å². The lowest BCUT2D eigenvalue weighted by molar-refractivity contribution is 0.541. The van der Waals surface area contributed by atoms with E-state index in [0.717, 1.165) is 22.8 Å². The number of nitrogens with one attached hydrogen (secondary N) is 1. The van der Waals surface area contributed by atoms with Gasteiger partial charge in [0, 0.05) is 24.3 Å². The van der Waals surface area contributed by atoms with Crippen molar-refractivity contribution in [1.29, 1.82) is 0 Å². The van der Waals surface area contributed by atoms with Gasteiger partial charge in [0.05, 0.1) is 17.4 Å². The number of hydrogen-bond acceptors (Lipinski definition) is 3. The Morgan fingerprint density at radius 1 is 0.968 bits per heavy atom. The van der Waals surface area contributed by atoms with Crippen LogP contribution in [0, 0.1) is 12.7 Å². The van der Waals surface area contributed by atoms with Crippen molar-refractivity contribution in [1.82, 2.24) is 19.9 Å². The lowest BCUT2D eigenvalue weighted by Crippen LogP contribution is -2.31. The second-order valence-electron chi connectivity index (χ2n) is 7.44. The Morgan fingerprint density at radius 3 is 2.55 bits per heavy atom. The van der Waals surface area contributed by atoms with Crippen LogP contribution < -0.4 is 10.2 Å². The minimum absolute atomic E-state index is 0.257. The zero-order valence-electron chi connectivity index (χ0n) is 16.8. The zero-order chi connectivity index (χ0) is 21.4. The van der Waals surface area contributed by atoms with E-state index < -0.39 is 0 Å². The van der Waals surface area contributed by atoms with Crippen LogP contribution in [0.1, 0.15) is 29.0 Å². The van der Waals surface area contributed by atoms with E-state index in [4.69, 9.17) is 12.2 Å². The van der Waals surface area contributed by atoms with Gasteiger partial charge in [-0.3, -0.25) is 4.98 Å². The molecule has 0 saturated carbocycles. The average Bonchev–Trinajstić information content (AvgIpc) is 3.40. The van der Waals surface area contributed by atoms with Crippen molar-refractivity contribution in [3.8, 4) is 5.82 Å². The smallest absolute Gasteiger partial charge is 0.174 e. The molecule has 1 aliphatic rings. The minimum atomic E-state index is -0.329. The van der Waals surface area contributed by atoms with Crippen LogP contribution in [-0.4, -0.2) is 19.6 Å². The van der Waals surface area contributed by atoms with Gasteiger partial charge in [-0.25, -0.2) is 9.37 Å². The van der Waals surface area contributed by atoms with Crippen molar-refractivity contribution >= 4 is 23.0 Å². The quantitative estimate of drug-likeness (QED) is 0.468. The largest absolute Gasteiger partial charge is 0.351 e. The number of para-hydroxylation sites is 1. The maximum atomic E-state index is 14.9. The second kappa shape index (κ2) is 7.92. The highest BCUT2D eigenvalue weighted by Gasteiger charge is 2.43. The first kappa shape index (κ1) is 19.4. The predicted molar refractivity (Wildman–Crippen MR) is 123 cm³/mol. The van der Waals surface area contributed by atoms with Gasteiger partial charge in [0.1, 0.15) is 17.7 Å². The lowest BCUT2D eigenvalue weighted by atomic mass is 10.0. The summed E-state index contributed by atoms with van der Waals surface area (Å²) in [7, 11) is 0. The number of halogens is 1. The first-order valence-corrected chi connectivity index (χ1v) is 10.4. The van der Waals surface area contributed by atoms with E-state index in [0.29, 0.717) is 10.8 Å². The molecule has 1 aliphatic heterocycles. The molecule has 1 fully saturated rings. The van der Waals surface area contributed by atoms with Crippen LogP contribution in [-0.2, 0) is 0 Å². The number of pyridine rings is 2. The molecule has 1 saturated heterocycles. The summed E-state index contributed by atoms with van der Waals surface area (Å²) in [5.41, 5.74) is 3.27. The molecule has 2 atom stereocenters. The highest BCUT2D eigenvalue weighted by Crippen LogP contribution is 2.42. The molecule has 0 unspecified atom stereocenters. The molecule has 1 aromatic carbocycles. The third kappa shape index (κ3) is 3.47. The molecule has 0 aliphatic carbocycles. The highest BCUT2D eigenvalue weighted by molar-refractivity contribution is 7.80. The van der Waals surface area contributed by atoms with E-state index in [1.807, 2.05) is 77.3 Å². The highest BCUT2D eigenvalue weighted by atomic mass is 32.1. The molecular formula is C24H20FN5S. The third-order valence-electron chi connectivity index (χ3n) is 5.44. The van der Waals surface area contributed by atoms with Crippen LogP contribution in [0.5, 0.6) is 0 Å². The first-order chi connectivity index (χ1) is 15.1. The van der Waals surface area contributed by atoms with Crippen molar-refractivity contribution in [2.24, 2.45) is 0 Å². The number of aromatic nitrogens is 3. The van der Waals surface area contributed by atoms with Gasteiger partial charge in [-0.05, 0) is 67.2 Å². The summed E-state index contributed by atoms with van der Waals surface area (Å²) in [6, 6.07) is 19.9. The van der Waals surface area contributed by atoms with Gasteiger partial charge in [0.25, 0.3) is 0 Å². The molecule has 0 radical (unpaired) electrons. The Morgan fingerprint density at radius 2 is 1.81 bits per heavy atom. The number of hydrogen-bond donors (Lipinski definition) is 1. The monoisotopic (exact) mass is 429 g/mol. The summed E-state index contributed by atoms with van der Waals surface area (Å²) in [5.74, 6) is 0.460. The number of nitrogens with zero attached hydrogens (tertiary/aromatic N) is 4. The fourth-order valence-corrected chi connectivity index (χ4v) is 4.35. The summed E-state index contributed by atoms with van der Waals surface area (Å²) in [6.45, 7) is 2.00. The van der Waals surface area contributed by atoms with Crippen molar-refractivity contribution in [3.05, 3.63) is 108 Å². The van der Waals surface area contributed by atoms with E-state index in [-0.39, 0.29) is 17.9 Å². The normalized spacial score (nSPS) is 18.3. The Bertz CT molecular complexity index is 1220. The number of anilines is 1. The number of thiocarbonyl (C=S) groups is 1. The van der Waals surface area contributed by atoms with Crippen LogP contribution in [0.2, 0.25) is 0 Å². The molecule has 31 heavy (non-hydrogen) atoms. The molecule has 154 valence electrons. The number of aryl methyl sites for hydroxylation is 1. The number of benzene rings is 1. The van der Waals surface area contributed by atoms with Crippen LogP contribution in [0.15, 0.2) is 85.3 Å². The molecule has 4 aromatic rings. The van der Waals surface area contributed by atoms with Gasteiger partial charge in [-0.2, -0.15) is 0 Å². The summed E-state index contributed by atoms with van der Waals surface area (Å²) in [6.07, 6.45) is 5.55. The van der Waals surface area contributed by atoms with Gasteiger partial charge in [0.2, 0.25) is 0 Å². The topological polar surface area (TPSA) is 46.0 Å². The molecule has 0 amide bonds. The average molecular weight is 430 g/mol. The maximum absolute atomic E-state index is 14.9. The minimum Gasteiger partial charge on any atom is -0.351 e. The van der Waals surface area contributed by atoms with Crippen molar-refractivity contribution < 1.29 is 4.39 Å². The van der Waals surface area contributed by atoms with Gasteiger partial charge < -0.3 is 14.8 Å². The predicted octanol–water partition coefficient (Wildman–Crippen LogP) is 4.89. The molecule has 3 aromatic heterocycles. The number of rotatable bonds is 4. The summed E-state index contributed by atoms with van der Waals surface area (Å²) in [4.78, 5) is 11.0. The van der Waals surface area contributed by atoms with Crippen molar-refractivity contribution in [2.75, 3.05) is 4.90 Å². The summed E-state index contributed by atoms with van der Waals surface area (Å²) >= 11 is 5.68. The molecule has 7 heteroatoms. The standard InChI is InChI=1S/C24H20FN5S/c1-16-11-12-21(27-15-16)29-14-6-10-20(29)23-22(18-8-4-5-13-26-18)28-24(31)30(23)19-9-3-2-7-17(19)25/h2-15,22-23H,1H3,(H,28,31)/t22-,23-/m1/s1. The Kier molecular flexibility index (Phi) is 4.95. The molecule has 5 rings (SSSR count). The molecule has 0 bridgehead atoms. The summed E-state index contributed by atoms with van der Waals surface area (Å²) in [5, 5.41) is 3.82. The van der Waals surface area contributed by atoms with Gasteiger partial charge >= 0.3 is 0 Å². The molecular weight excluding hydrogens is 409 g/mol. The molecule has 0 spiro atoms. The van der Waals surface area contributed by atoms with E-state index in [1.165, 1.54) is 6.07 Å². The Labute approximate surface area is 185 Å². The van der Waals surface area contributed by atoms with Crippen LogP contribution >= 0.6 is 12.2 Å². The van der Waals surface area contributed by atoms with E-state index in [9.17, 15) is 4.39 Å². The van der Waals surface area contributed by atoms with Gasteiger partial charge in [-0.1, -0.05) is 24.3 Å². The van der Waals surface area contributed by atoms with Crippen molar-refractivity contribution in [3.63, 3.8) is 0 Å². The third-order valence-corrected chi connectivity index (χ3v) is 5.75. The lowest BCUT2D eigenvalue weighted by Gasteiger charge is -2.29.